The molecule has 0 aliphatic carbocycles. The lowest BCUT2D eigenvalue weighted by atomic mass is 10.1. The number of hydrogen-bond acceptors (Lipinski definition) is 2. The van der Waals surface area contributed by atoms with Crippen molar-refractivity contribution in [2.24, 2.45) is 0 Å². The number of aliphatic hydroxyl groups is 1. The summed E-state index contributed by atoms with van der Waals surface area (Å²) >= 11 is 1.39. The highest BCUT2D eigenvalue weighted by molar-refractivity contribution is 7.99. The highest BCUT2D eigenvalue weighted by Crippen LogP contribution is 2.32. The van der Waals surface area contributed by atoms with Gasteiger partial charge in [-0.3, -0.25) is 0 Å². The molecule has 0 bridgehead atoms. The Morgan fingerprint density at radius 3 is 2.45 bits per heavy atom. The molecule has 100 valence electrons. The predicted octanol–water partition coefficient (Wildman–Crippen LogP) is 4.62. The molecule has 3 aromatic carbocycles. The molecule has 20 heavy (non-hydrogen) atoms. The molecular formula is C17H13FOS. The van der Waals surface area contributed by atoms with Gasteiger partial charge >= 0.3 is 0 Å². The van der Waals surface area contributed by atoms with Crippen LogP contribution < -0.4 is 0 Å². The third kappa shape index (κ3) is 2.69. The minimum atomic E-state index is -0.297. The van der Waals surface area contributed by atoms with Crippen LogP contribution in [0.1, 0.15) is 5.56 Å². The van der Waals surface area contributed by atoms with Crippen LogP contribution in [0.4, 0.5) is 4.39 Å². The summed E-state index contributed by atoms with van der Waals surface area (Å²) in [5.74, 6) is -0.297. The van der Waals surface area contributed by atoms with E-state index in [1.165, 1.54) is 23.2 Å². The molecule has 0 aliphatic heterocycles. The van der Waals surface area contributed by atoms with E-state index < -0.39 is 0 Å². The number of fused-ring (bicyclic) bond motifs is 1. The smallest absolute Gasteiger partial charge is 0.137 e. The van der Waals surface area contributed by atoms with Gasteiger partial charge in [-0.2, -0.15) is 0 Å². The lowest BCUT2D eigenvalue weighted by molar-refractivity contribution is 0.281. The number of rotatable bonds is 3. The number of benzene rings is 3. The van der Waals surface area contributed by atoms with Crippen molar-refractivity contribution in [3.8, 4) is 0 Å². The van der Waals surface area contributed by atoms with Crippen molar-refractivity contribution >= 4 is 22.5 Å². The third-order valence-electron chi connectivity index (χ3n) is 3.13. The Hall–Kier alpha value is -1.84. The van der Waals surface area contributed by atoms with Gasteiger partial charge in [0.15, 0.2) is 0 Å². The van der Waals surface area contributed by atoms with Gasteiger partial charge in [0, 0.05) is 9.79 Å². The molecule has 0 spiro atoms. The molecular weight excluding hydrogens is 271 g/mol. The van der Waals surface area contributed by atoms with Gasteiger partial charge in [-0.05, 0) is 40.6 Å². The average molecular weight is 284 g/mol. The first kappa shape index (κ1) is 13.2. The fraction of sp³-hybridized carbons (Fsp3) is 0.0588. The molecule has 3 heteroatoms. The second-order valence-corrected chi connectivity index (χ2v) is 5.65. The summed E-state index contributed by atoms with van der Waals surface area (Å²) in [7, 11) is 0. The molecule has 1 nitrogen and oxygen atoms in total. The molecule has 0 amide bonds. The molecule has 0 aromatic heterocycles. The Kier molecular flexibility index (Phi) is 3.72. The van der Waals surface area contributed by atoms with Crippen LogP contribution in [0.5, 0.6) is 0 Å². The zero-order valence-electron chi connectivity index (χ0n) is 10.7. The maximum Gasteiger partial charge on any atom is 0.137 e. The van der Waals surface area contributed by atoms with E-state index in [0.717, 1.165) is 10.3 Å². The second-order valence-electron chi connectivity index (χ2n) is 4.53. The third-order valence-corrected chi connectivity index (χ3v) is 4.17. The minimum Gasteiger partial charge on any atom is -0.392 e. The summed E-state index contributed by atoms with van der Waals surface area (Å²) < 4.78 is 13.9. The van der Waals surface area contributed by atoms with Crippen LogP contribution in [0.3, 0.4) is 0 Å². The highest BCUT2D eigenvalue weighted by atomic mass is 32.2. The molecule has 0 saturated carbocycles. The van der Waals surface area contributed by atoms with Gasteiger partial charge in [0.2, 0.25) is 0 Å². The van der Waals surface area contributed by atoms with Gasteiger partial charge in [-0.15, -0.1) is 0 Å². The Labute approximate surface area is 121 Å². The summed E-state index contributed by atoms with van der Waals surface area (Å²) in [6.07, 6.45) is 0. The summed E-state index contributed by atoms with van der Waals surface area (Å²) in [6.45, 7) is -0.141. The summed E-state index contributed by atoms with van der Waals surface area (Å²) in [4.78, 5) is 1.57. The van der Waals surface area contributed by atoms with Crippen molar-refractivity contribution in [1.29, 1.82) is 0 Å². The predicted molar refractivity (Wildman–Crippen MR) is 80.4 cm³/mol. The maximum atomic E-state index is 13.9. The monoisotopic (exact) mass is 284 g/mol. The van der Waals surface area contributed by atoms with Crippen LogP contribution in [0.2, 0.25) is 0 Å². The van der Waals surface area contributed by atoms with Gasteiger partial charge in [-0.1, -0.05) is 48.2 Å². The second kappa shape index (κ2) is 5.65. The number of aliphatic hydroxyl groups excluding tert-OH is 1. The Balaban J connectivity index is 1.92. The van der Waals surface area contributed by atoms with E-state index in [4.69, 9.17) is 5.11 Å². The molecule has 3 aromatic rings. The minimum absolute atomic E-state index is 0.141. The maximum absolute atomic E-state index is 13.9. The van der Waals surface area contributed by atoms with E-state index in [9.17, 15) is 4.39 Å². The van der Waals surface area contributed by atoms with Crippen molar-refractivity contribution < 1.29 is 9.50 Å². The zero-order chi connectivity index (χ0) is 13.9. The van der Waals surface area contributed by atoms with Crippen LogP contribution in [-0.4, -0.2) is 5.11 Å². The molecule has 3 rings (SSSR count). The van der Waals surface area contributed by atoms with E-state index in [1.54, 1.807) is 12.1 Å². The van der Waals surface area contributed by atoms with Crippen molar-refractivity contribution in [1.82, 2.24) is 0 Å². The zero-order valence-corrected chi connectivity index (χ0v) is 11.5. The largest absolute Gasteiger partial charge is 0.392 e. The van der Waals surface area contributed by atoms with Crippen molar-refractivity contribution in [2.45, 2.75) is 16.4 Å². The first-order valence-electron chi connectivity index (χ1n) is 6.32. The molecule has 0 heterocycles. The molecule has 0 unspecified atom stereocenters. The summed E-state index contributed by atoms with van der Waals surface area (Å²) in [5.41, 5.74) is 0.588. The van der Waals surface area contributed by atoms with E-state index in [0.29, 0.717) is 10.5 Å². The first-order valence-corrected chi connectivity index (χ1v) is 7.14. The normalized spacial score (nSPS) is 10.9. The van der Waals surface area contributed by atoms with E-state index in [-0.39, 0.29) is 12.4 Å². The Morgan fingerprint density at radius 2 is 1.70 bits per heavy atom. The standard InChI is InChI=1S/C17H13FOS/c18-16-9-12(11-19)5-8-17(16)20-15-7-6-13-3-1-2-4-14(13)10-15/h1-10,19H,11H2. The van der Waals surface area contributed by atoms with Crippen molar-refractivity contribution in [3.63, 3.8) is 0 Å². The van der Waals surface area contributed by atoms with Crippen LogP contribution >= 0.6 is 11.8 Å². The fourth-order valence-corrected chi connectivity index (χ4v) is 2.95. The van der Waals surface area contributed by atoms with Crippen LogP contribution in [-0.2, 0) is 6.61 Å². The fourth-order valence-electron chi connectivity index (χ4n) is 2.08. The average Bonchev–Trinajstić information content (AvgIpc) is 2.49. The van der Waals surface area contributed by atoms with Gasteiger partial charge < -0.3 is 5.11 Å². The summed E-state index contributed by atoms with van der Waals surface area (Å²) in [6, 6.07) is 19.0. The molecule has 0 radical (unpaired) electrons. The van der Waals surface area contributed by atoms with Crippen molar-refractivity contribution in [2.75, 3.05) is 0 Å². The quantitative estimate of drug-likeness (QED) is 0.757. The highest BCUT2D eigenvalue weighted by Gasteiger charge is 2.06. The molecule has 0 aliphatic rings. The van der Waals surface area contributed by atoms with E-state index in [2.05, 4.69) is 12.1 Å². The Bertz CT molecular complexity index is 755. The van der Waals surface area contributed by atoms with Crippen molar-refractivity contribution in [3.05, 3.63) is 72.0 Å². The lowest BCUT2D eigenvalue weighted by Crippen LogP contribution is -1.87. The van der Waals surface area contributed by atoms with Gasteiger partial charge in [0.1, 0.15) is 5.82 Å². The van der Waals surface area contributed by atoms with Gasteiger partial charge in [0.05, 0.1) is 6.61 Å². The van der Waals surface area contributed by atoms with Gasteiger partial charge in [-0.25, -0.2) is 4.39 Å². The molecule has 0 saturated heterocycles. The number of halogens is 1. The lowest BCUT2D eigenvalue weighted by Gasteiger charge is -2.06. The Morgan fingerprint density at radius 1 is 0.900 bits per heavy atom. The molecule has 0 atom stereocenters. The SMILES string of the molecule is OCc1ccc(Sc2ccc3ccccc3c2)c(F)c1. The van der Waals surface area contributed by atoms with E-state index >= 15 is 0 Å². The first-order chi connectivity index (χ1) is 9.76. The van der Waals surface area contributed by atoms with Crippen LogP contribution in [0.25, 0.3) is 10.8 Å². The van der Waals surface area contributed by atoms with Crippen LogP contribution in [0.15, 0.2) is 70.5 Å². The summed E-state index contributed by atoms with van der Waals surface area (Å²) in [5, 5.41) is 11.3. The van der Waals surface area contributed by atoms with E-state index in [1.807, 2.05) is 30.3 Å². The van der Waals surface area contributed by atoms with Gasteiger partial charge in [0.25, 0.3) is 0 Å². The number of hydrogen-bond donors (Lipinski definition) is 1. The topological polar surface area (TPSA) is 20.2 Å². The van der Waals surface area contributed by atoms with Crippen LogP contribution in [0, 0.1) is 5.82 Å². The molecule has 0 fully saturated rings. The molecule has 1 N–H and O–H groups in total.